The molecule has 8 heteroatoms. The van der Waals surface area contributed by atoms with Gasteiger partial charge in [-0.05, 0) is 66.5 Å². The molecule has 0 saturated heterocycles. The van der Waals surface area contributed by atoms with Crippen molar-refractivity contribution in [1.82, 2.24) is 9.97 Å². The second kappa shape index (κ2) is 15.8. The van der Waals surface area contributed by atoms with Gasteiger partial charge in [0.2, 0.25) is 0 Å². The number of aliphatic hydroxyl groups excluding tert-OH is 1. The number of hydrogen-bond acceptors (Lipinski definition) is 7. The van der Waals surface area contributed by atoms with Crippen molar-refractivity contribution in [2.45, 2.75) is 105 Å². The van der Waals surface area contributed by atoms with Crippen LogP contribution in [0, 0.1) is 23.8 Å². The molecule has 259 valence electrons. The number of aliphatic hydroxyl groups is 1. The number of aryl methyl sites for hydroxylation is 1. The number of rotatable bonds is 10. The van der Waals surface area contributed by atoms with Crippen molar-refractivity contribution in [3.05, 3.63) is 77.9 Å². The molecule has 0 fully saturated rings. The fraction of sp³-hybridized carbons (Fsp3) is 0.425. The molecule has 0 spiro atoms. The van der Waals surface area contributed by atoms with Gasteiger partial charge in [-0.25, -0.2) is 4.98 Å². The van der Waals surface area contributed by atoms with Gasteiger partial charge < -0.3 is 9.52 Å². The van der Waals surface area contributed by atoms with Crippen LogP contribution in [-0.4, -0.2) is 20.9 Å². The molecule has 5 aromatic rings. The maximum atomic E-state index is 12.2. The number of carbonyl (C=O) groups excluding carboxylic acids is 1. The van der Waals surface area contributed by atoms with Gasteiger partial charge >= 0.3 is 0 Å². The van der Waals surface area contributed by atoms with Crippen molar-refractivity contribution in [3.8, 4) is 11.3 Å². The number of nitrogens with zero attached hydrogens (tertiary/aromatic N) is 2. The van der Waals surface area contributed by atoms with E-state index < -0.39 is 0 Å². The molecule has 0 atom stereocenters. The van der Waals surface area contributed by atoms with Crippen LogP contribution in [0.25, 0.3) is 42.5 Å². The van der Waals surface area contributed by atoms with Crippen LogP contribution in [0.5, 0.6) is 0 Å². The fourth-order valence-electron chi connectivity index (χ4n) is 5.53. The molecule has 0 saturated carbocycles. The number of carbonyl (C=O) groups is 1. The maximum Gasteiger partial charge on any atom is 0.164 e. The number of thioether (sulfide) groups is 1. The Labute approximate surface area is 308 Å². The van der Waals surface area contributed by atoms with E-state index in [4.69, 9.17) is 9.40 Å². The van der Waals surface area contributed by atoms with E-state index in [1.54, 1.807) is 29.4 Å². The van der Waals surface area contributed by atoms with E-state index in [2.05, 4.69) is 69.6 Å². The van der Waals surface area contributed by atoms with Crippen LogP contribution in [0.1, 0.15) is 99.1 Å². The minimum atomic E-state index is -0.337. The molecule has 0 aliphatic heterocycles. The Morgan fingerprint density at radius 1 is 1.00 bits per heavy atom. The molecule has 3 aromatic heterocycles. The quantitative estimate of drug-likeness (QED) is 0.0652. The predicted octanol–water partition coefficient (Wildman–Crippen LogP) is 12.5. The van der Waals surface area contributed by atoms with E-state index in [1.807, 2.05) is 53.2 Å². The molecule has 0 bridgehead atoms. The summed E-state index contributed by atoms with van der Waals surface area (Å²) < 4.78 is 6.87. The summed E-state index contributed by atoms with van der Waals surface area (Å²) in [5.74, 6) is 0.286. The topological polar surface area (TPSA) is 76.2 Å². The van der Waals surface area contributed by atoms with Crippen LogP contribution >= 0.6 is 23.1 Å². The standard InChI is InChI=1S/C25H21N2OS2.C15H28O2.Ir/c1-6-29-20-8-7-15(9-18(20)25(3,4)5)23-22-17-10-16-14(2)12-28-19(16)11-21(17)30-24(22)27-13-26-23;1-7-14(5,8-2)12(16)11-13(17)15(6,9-3)10-4;/h6,8-13H,1H2,2-5H3;11,16H,7-10H2,1-6H3;/q-1;;/b;12-11-;. The summed E-state index contributed by atoms with van der Waals surface area (Å²) in [5, 5.41) is 15.4. The third kappa shape index (κ3) is 7.99. The molecular formula is C40H49IrN2O3S2-. The minimum absolute atomic E-state index is 0. The Balaban J connectivity index is 0.000000301. The molecule has 0 amide bonds. The first-order valence-corrected chi connectivity index (χ1v) is 18.2. The van der Waals surface area contributed by atoms with Gasteiger partial charge in [0.05, 0.1) is 6.26 Å². The number of fused-ring (bicyclic) bond motifs is 4. The average Bonchev–Trinajstić information content (AvgIpc) is 3.61. The van der Waals surface area contributed by atoms with Gasteiger partial charge in [0, 0.05) is 58.2 Å². The van der Waals surface area contributed by atoms with Crippen LogP contribution < -0.4 is 0 Å². The summed E-state index contributed by atoms with van der Waals surface area (Å²) in [6.45, 7) is 24.7. The number of benzene rings is 2. The van der Waals surface area contributed by atoms with Gasteiger partial charge in [-0.3, -0.25) is 9.78 Å². The van der Waals surface area contributed by atoms with Crippen LogP contribution in [0.15, 0.2) is 70.0 Å². The molecule has 5 rings (SSSR count). The number of allylic oxidation sites excluding steroid dienone is 2. The predicted molar refractivity (Wildman–Crippen MR) is 202 cm³/mol. The van der Waals surface area contributed by atoms with E-state index in [-0.39, 0.29) is 47.9 Å². The van der Waals surface area contributed by atoms with Crippen LogP contribution in [-0.2, 0) is 30.3 Å². The first kappa shape index (κ1) is 39.7. The summed E-state index contributed by atoms with van der Waals surface area (Å²) >= 11 is 3.31. The molecule has 3 heterocycles. The SMILES string of the molecule is C=CSc1c[c-]c(-c2ncnc3sc4cc5occ(C)c5cc4c23)cc1C(C)(C)C.CCC(C)(CC)C(=O)/C=C(\O)C(C)(CC)CC.[Ir]. The van der Waals surface area contributed by atoms with Crippen molar-refractivity contribution < 1.29 is 34.4 Å². The Morgan fingerprint density at radius 3 is 2.23 bits per heavy atom. The zero-order valence-corrected chi connectivity index (χ0v) is 34.0. The van der Waals surface area contributed by atoms with E-state index in [0.29, 0.717) is 0 Å². The molecule has 0 aliphatic rings. The van der Waals surface area contributed by atoms with Gasteiger partial charge in [0.25, 0.3) is 0 Å². The molecule has 1 N–H and O–H groups in total. The molecule has 2 aromatic carbocycles. The Hall–Kier alpha value is -2.77. The van der Waals surface area contributed by atoms with Gasteiger partial charge in [0.15, 0.2) is 5.78 Å². The summed E-state index contributed by atoms with van der Waals surface area (Å²) in [5.41, 5.74) is 4.62. The Morgan fingerprint density at radius 2 is 1.65 bits per heavy atom. The van der Waals surface area contributed by atoms with E-state index in [1.165, 1.54) is 16.5 Å². The number of thiophene rings is 1. The van der Waals surface area contributed by atoms with Gasteiger partial charge in [-0.2, -0.15) is 11.8 Å². The summed E-state index contributed by atoms with van der Waals surface area (Å²) in [6, 6.07) is 12.1. The van der Waals surface area contributed by atoms with Crippen LogP contribution in [0.2, 0.25) is 0 Å². The number of hydrogen-bond donors (Lipinski definition) is 1. The average molecular weight is 862 g/mol. The third-order valence-electron chi connectivity index (χ3n) is 9.95. The maximum absolute atomic E-state index is 12.2. The van der Waals surface area contributed by atoms with Gasteiger partial charge in [-0.15, -0.1) is 40.7 Å². The Kier molecular flexibility index (Phi) is 13.1. The van der Waals surface area contributed by atoms with Crippen LogP contribution in [0.4, 0.5) is 0 Å². The van der Waals surface area contributed by atoms with Crippen molar-refractivity contribution in [2.24, 2.45) is 10.8 Å². The zero-order chi connectivity index (χ0) is 34.7. The van der Waals surface area contributed by atoms with Crippen molar-refractivity contribution in [2.75, 3.05) is 0 Å². The zero-order valence-electron chi connectivity index (χ0n) is 30.0. The van der Waals surface area contributed by atoms with Gasteiger partial charge in [-0.1, -0.05) is 73.8 Å². The molecule has 1 radical (unpaired) electrons. The number of aromatic nitrogens is 2. The summed E-state index contributed by atoms with van der Waals surface area (Å²) in [4.78, 5) is 23.6. The molecule has 0 aliphatic carbocycles. The van der Waals surface area contributed by atoms with E-state index in [9.17, 15) is 9.90 Å². The smallest absolute Gasteiger partial charge is 0.164 e. The van der Waals surface area contributed by atoms with Crippen molar-refractivity contribution in [1.29, 1.82) is 0 Å². The second-order valence-electron chi connectivity index (χ2n) is 13.9. The Bertz CT molecular complexity index is 1940. The summed E-state index contributed by atoms with van der Waals surface area (Å²) in [6.07, 6.45) is 8.22. The monoisotopic (exact) mass is 862 g/mol. The van der Waals surface area contributed by atoms with Crippen molar-refractivity contribution >= 4 is 60.2 Å². The van der Waals surface area contributed by atoms with E-state index >= 15 is 0 Å². The van der Waals surface area contributed by atoms with E-state index in [0.717, 1.165) is 73.8 Å². The number of furan rings is 1. The molecule has 48 heavy (non-hydrogen) atoms. The first-order valence-electron chi connectivity index (χ1n) is 16.5. The second-order valence-corrected chi connectivity index (χ2v) is 15.9. The largest absolute Gasteiger partial charge is 0.512 e. The van der Waals surface area contributed by atoms with Crippen LogP contribution in [0.3, 0.4) is 0 Å². The fourth-order valence-corrected chi connectivity index (χ4v) is 7.38. The third-order valence-corrected chi connectivity index (χ3v) is 11.8. The molecule has 0 unspecified atom stereocenters. The van der Waals surface area contributed by atoms with Crippen molar-refractivity contribution in [3.63, 3.8) is 0 Å². The minimum Gasteiger partial charge on any atom is -0.512 e. The molecule has 5 nitrogen and oxygen atoms in total. The molecular weight excluding hydrogens is 813 g/mol. The summed E-state index contributed by atoms with van der Waals surface area (Å²) in [7, 11) is 0. The normalized spacial score (nSPS) is 12.6. The first-order chi connectivity index (χ1) is 22.2. The van der Waals surface area contributed by atoms with Gasteiger partial charge in [0.1, 0.15) is 22.5 Å². The number of ketones is 1.